The summed E-state index contributed by atoms with van der Waals surface area (Å²) in [7, 11) is 0. The summed E-state index contributed by atoms with van der Waals surface area (Å²) < 4.78 is 0. The minimum absolute atomic E-state index is 0.238. The Morgan fingerprint density at radius 2 is 1.29 bits per heavy atom. The number of aromatic nitrogens is 1. The largest absolute Gasteiger partial charge is 0.383 e. The number of hydrogen-bond acceptors (Lipinski definition) is 4. The van der Waals surface area contributed by atoms with Crippen LogP contribution in [0.2, 0.25) is 0 Å². The average molecular weight is 513 g/mol. The van der Waals surface area contributed by atoms with Crippen molar-refractivity contribution in [2.75, 3.05) is 5.32 Å². The Kier molecular flexibility index (Phi) is 6.53. The van der Waals surface area contributed by atoms with E-state index < -0.39 is 6.10 Å². The summed E-state index contributed by atoms with van der Waals surface area (Å²) in [6.45, 7) is 0. The highest BCUT2D eigenvalue weighted by Crippen LogP contribution is 2.46. The van der Waals surface area contributed by atoms with Crippen LogP contribution in [-0.4, -0.2) is 16.0 Å². The first-order valence-corrected chi connectivity index (χ1v) is 13.2. The van der Waals surface area contributed by atoms with E-state index in [9.17, 15) is 9.90 Å². The number of hydrogen-bond donors (Lipinski definition) is 2. The summed E-state index contributed by atoms with van der Waals surface area (Å²) in [5, 5.41) is 15.5. The Hall–Kier alpha value is -4.58. The number of rotatable bonds is 6. The number of benzene rings is 4. The van der Waals surface area contributed by atoms with Crippen molar-refractivity contribution >= 4 is 33.1 Å². The molecule has 1 unspecified atom stereocenters. The van der Waals surface area contributed by atoms with E-state index in [0.717, 1.165) is 38.2 Å². The van der Waals surface area contributed by atoms with Gasteiger partial charge >= 0.3 is 0 Å². The van der Waals surface area contributed by atoms with Gasteiger partial charge in [-0.15, -0.1) is 11.3 Å². The molecular weight excluding hydrogens is 488 g/mol. The molecule has 0 aliphatic heterocycles. The molecular formula is C33H24N2O2S. The zero-order valence-electron chi connectivity index (χ0n) is 20.4. The molecule has 1 amide bonds. The third-order valence-electron chi connectivity index (χ3n) is 6.48. The fourth-order valence-electron chi connectivity index (χ4n) is 4.60. The lowest BCUT2D eigenvalue weighted by molar-refractivity contribution is 0.102. The number of amides is 1. The number of aliphatic hydroxyl groups excluding tert-OH is 1. The molecule has 2 aromatic heterocycles. The fraction of sp³-hybridized carbons (Fsp3) is 0.0303. The lowest BCUT2D eigenvalue weighted by atomic mass is 9.98. The molecule has 6 rings (SSSR count). The van der Waals surface area contributed by atoms with E-state index in [1.54, 1.807) is 12.1 Å². The maximum atomic E-state index is 13.4. The molecule has 0 bridgehead atoms. The van der Waals surface area contributed by atoms with Gasteiger partial charge in [-0.05, 0) is 34.9 Å². The van der Waals surface area contributed by atoms with Gasteiger partial charge in [-0.1, -0.05) is 109 Å². The summed E-state index contributed by atoms with van der Waals surface area (Å²) in [5.74, 6) is -0.238. The van der Waals surface area contributed by atoms with Gasteiger partial charge in [-0.2, -0.15) is 0 Å². The van der Waals surface area contributed by atoms with Crippen LogP contribution in [0.1, 0.15) is 26.9 Å². The van der Waals surface area contributed by atoms with Crippen LogP contribution in [0.3, 0.4) is 0 Å². The molecule has 4 nitrogen and oxygen atoms in total. The second kappa shape index (κ2) is 10.4. The van der Waals surface area contributed by atoms with Crippen LogP contribution in [0, 0.1) is 0 Å². The fourth-order valence-corrected chi connectivity index (χ4v) is 5.77. The van der Waals surface area contributed by atoms with Crippen LogP contribution in [-0.2, 0) is 0 Å². The Bertz CT molecular complexity index is 1700. The van der Waals surface area contributed by atoms with Gasteiger partial charge in [0.05, 0.1) is 16.3 Å². The Balaban J connectivity index is 1.61. The van der Waals surface area contributed by atoms with Gasteiger partial charge in [-0.25, -0.2) is 4.98 Å². The average Bonchev–Trinajstić information content (AvgIpc) is 3.36. The van der Waals surface area contributed by atoms with Crippen molar-refractivity contribution in [3.05, 3.63) is 143 Å². The highest BCUT2D eigenvalue weighted by atomic mass is 32.1. The summed E-state index contributed by atoms with van der Waals surface area (Å²) in [5.41, 5.74) is 5.66. The summed E-state index contributed by atoms with van der Waals surface area (Å²) in [4.78, 5) is 19.8. The van der Waals surface area contributed by atoms with E-state index >= 15 is 0 Å². The molecule has 0 aliphatic carbocycles. The smallest absolute Gasteiger partial charge is 0.255 e. The molecule has 5 heteroatoms. The number of aliphatic hydroxyl groups is 1. The van der Waals surface area contributed by atoms with Crippen LogP contribution in [0.5, 0.6) is 0 Å². The number of pyridine rings is 1. The monoisotopic (exact) mass is 512 g/mol. The van der Waals surface area contributed by atoms with Crippen molar-refractivity contribution in [1.82, 2.24) is 4.98 Å². The van der Waals surface area contributed by atoms with Crippen molar-refractivity contribution in [2.45, 2.75) is 6.10 Å². The minimum Gasteiger partial charge on any atom is -0.383 e. The number of nitrogens with zero attached hydrogens (tertiary/aromatic N) is 1. The molecule has 0 radical (unpaired) electrons. The molecule has 0 saturated carbocycles. The lowest BCUT2D eigenvalue weighted by Crippen LogP contribution is -2.13. The Morgan fingerprint density at radius 3 is 1.92 bits per heavy atom. The van der Waals surface area contributed by atoms with Crippen molar-refractivity contribution in [3.63, 3.8) is 0 Å². The predicted octanol–water partition coefficient (Wildman–Crippen LogP) is 7.96. The second-order valence-corrected chi connectivity index (χ2v) is 9.97. The zero-order valence-corrected chi connectivity index (χ0v) is 21.2. The highest BCUT2D eigenvalue weighted by Gasteiger charge is 2.26. The molecule has 2 heterocycles. The molecule has 0 spiro atoms. The molecule has 1 atom stereocenters. The SMILES string of the molecule is O=C(Nc1c(C(O)c2ccccc2)sc2nc(-c3ccccc3)cc(-c3ccccc3)c12)c1ccccc1. The number of fused-ring (bicyclic) bond motifs is 1. The van der Waals surface area contributed by atoms with Gasteiger partial charge in [0, 0.05) is 16.5 Å². The first-order valence-electron chi connectivity index (χ1n) is 12.4. The first-order chi connectivity index (χ1) is 18.7. The summed E-state index contributed by atoms with van der Waals surface area (Å²) >= 11 is 1.41. The normalized spacial score (nSPS) is 11.8. The zero-order chi connectivity index (χ0) is 25.9. The van der Waals surface area contributed by atoms with Crippen LogP contribution >= 0.6 is 11.3 Å². The molecule has 0 fully saturated rings. The molecule has 2 N–H and O–H groups in total. The van der Waals surface area contributed by atoms with Gasteiger partial charge in [0.25, 0.3) is 5.91 Å². The first kappa shape index (κ1) is 23.8. The van der Waals surface area contributed by atoms with Crippen LogP contribution in [0.25, 0.3) is 32.6 Å². The topological polar surface area (TPSA) is 62.2 Å². The van der Waals surface area contributed by atoms with Crippen molar-refractivity contribution in [1.29, 1.82) is 0 Å². The summed E-state index contributed by atoms with van der Waals surface area (Å²) in [6.07, 6.45) is -0.926. The van der Waals surface area contributed by atoms with Gasteiger partial charge in [0.2, 0.25) is 0 Å². The van der Waals surface area contributed by atoms with Gasteiger partial charge < -0.3 is 10.4 Å². The van der Waals surface area contributed by atoms with Crippen LogP contribution < -0.4 is 5.32 Å². The predicted molar refractivity (Wildman–Crippen MR) is 155 cm³/mol. The molecule has 0 aliphatic rings. The van der Waals surface area contributed by atoms with E-state index in [1.165, 1.54) is 11.3 Å². The van der Waals surface area contributed by atoms with Gasteiger partial charge in [0.15, 0.2) is 0 Å². The van der Waals surface area contributed by atoms with Crippen molar-refractivity contribution in [2.24, 2.45) is 0 Å². The second-order valence-electron chi connectivity index (χ2n) is 8.94. The van der Waals surface area contributed by atoms with Crippen LogP contribution in [0.4, 0.5) is 5.69 Å². The quantitative estimate of drug-likeness (QED) is 0.238. The standard InChI is InChI=1S/C33H24N2O2S/c36-30(24-17-9-3-10-18-24)31-29(35-32(37)25-19-11-4-12-20-25)28-26(22-13-5-1-6-14-22)21-27(34-33(28)38-31)23-15-7-2-8-16-23/h1-21,30,36H,(H,35,37). The number of nitrogens with one attached hydrogen (secondary N) is 1. The maximum absolute atomic E-state index is 13.4. The molecule has 0 saturated heterocycles. The van der Waals surface area contributed by atoms with E-state index in [2.05, 4.69) is 23.5 Å². The number of anilines is 1. The lowest BCUT2D eigenvalue weighted by Gasteiger charge is -2.15. The molecule has 4 aromatic carbocycles. The van der Waals surface area contributed by atoms with E-state index in [4.69, 9.17) is 4.98 Å². The number of thiophene rings is 1. The van der Waals surface area contributed by atoms with Crippen molar-refractivity contribution in [3.8, 4) is 22.4 Å². The third kappa shape index (κ3) is 4.61. The third-order valence-corrected chi connectivity index (χ3v) is 7.62. The Labute approximate surface area is 224 Å². The van der Waals surface area contributed by atoms with Crippen LogP contribution in [0.15, 0.2) is 127 Å². The number of carbonyl (C=O) groups excluding carboxylic acids is 1. The molecule has 184 valence electrons. The van der Waals surface area contributed by atoms with E-state index in [1.807, 2.05) is 97.1 Å². The van der Waals surface area contributed by atoms with E-state index in [-0.39, 0.29) is 5.91 Å². The van der Waals surface area contributed by atoms with Gasteiger partial charge in [0.1, 0.15) is 10.9 Å². The minimum atomic E-state index is -0.926. The molecule has 6 aromatic rings. The van der Waals surface area contributed by atoms with Gasteiger partial charge in [-0.3, -0.25) is 4.79 Å². The highest BCUT2D eigenvalue weighted by molar-refractivity contribution is 7.19. The Morgan fingerprint density at radius 1 is 0.737 bits per heavy atom. The number of carbonyl (C=O) groups is 1. The maximum Gasteiger partial charge on any atom is 0.255 e. The van der Waals surface area contributed by atoms with E-state index in [0.29, 0.717) is 16.1 Å². The summed E-state index contributed by atoms with van der Waals surface area (Å²) in [6, 6.07) is 40.8. The van der Waals surface area contributed by atoms with Crippen molar-refractivity contribution < 1.29 is 9.90 Å². The molecule has 38 heavy (non-hydrogen) atoms.